The van der Waals surface area contributed by atoms with Gasteiger partial charge in [-0.3, -0.25) is 9.21 Å². The zero-order valence-electron chi connectivity index (χ0n) is 15.9. The summed E-state index contributed by atoms with van der Waals surface area (Å²) in [5, 5.41) is 0. The molecule has 4 rings (SSSR count). The first-order chi connectivity index (χ1) is 14.0. The van der Waals surface area contributed by atoms with Crippen LogP contribution >= 0.6 is 0 Å². The Balaban J connectivity index is 1.59. The summed E-state index contributed by atoms with van der Waals surface area (Å²) in [6.07, 6.45) is 4.78. The fourth-order valence-electron chi connectivity index (χ4n) is 3.79. The Morgan fingerprint density at radius 2 is 1.69 bits per heavy atom. The van der Waals surface area contributed by atoms with E-state index >= 15 is 0 Å². The minimum absolute atomic E-state index is 0.189. The van der Waals surface area contributed by atoms with Crippen LogP contribution in [0.1, 0.15) is 18.4 Å². The van der Waals surface area contributed by atoms with Crippen LogP contribution in [0.4, 0.5) is 10.1 Å². The fraction of sp³-hybridized carbons (Fsp3) is 0.273. The van der Waals surface area contributed by atoms with Gasteiger partial charge in [0.05, 0.1) is 23.1 Å². The highest BCUT2D eigenvalue weighted by Gasteiger charge is 2.34. The number of hydrogen-bond donors (Lipinski definition) is 0. The lowest BCUT2D eigenvalue weighted by atomic mass is 10.0. The second kappa shape index (κ2) is 8.39. The molecule has 0 aliphatic carbocycles. The van der Waals surface area contributed by atoms with Crippen molar-refractivity contribution in [2.24, 2.45) is 0 Å². The molecule has 1 aliphatic heterocycles. The number of hydrogen-bond acceptors (Lipinski definition) is 4. The van der Waals surface area contributed by atoms with Crippen LogP contribution in [-0.4, -0.2) is 32.4 Å². The number of sulfonamides is 1. The highest BCUT2D eigenvalue weighted by Crippen LogP contribution is 2.31. The van der Waals surface area contributed by atoms with Gasteiger partial charge in [-0.05, 0) is 55.3 Å². The molecule has 1 aliphatic rings. The second-order valence-electron chi connectivity index (χ2n) is 7.23. The summed E-state index contributed by atoms with van der Waals surface area (Å²) in [5.74, 6) is -0.388. The van der Waals surface area contributed by atoms with E-state index in [9.17, 15) is 12.8 Å². The van der Waals surface area contributed by atoms with Crippen LogP contribution in [-0.2, 0) is 16.6 Å². The first kappa shape index (κ1) is 19.7. The molecule has 7 heteroatoms. The maximum absolute atomic E-state index is 13.5. The third kappa shape index (κ3) is 4.36. The van der Waals surface area contributed by atoms with Gasteiger partial charge in [0.15, 0.2) is 0 Å². The summed E-state index contributed by atoms with van der Waals surface area (Å²) in [4.78, 5) is 2.53. The van der Waals surface area contributed by atoms with Crippen molar-refractivity contribution in [3.63, 3.8) is 0 Å². The van der Waals surface area contributed by atoms with Crippen LogP contribution in [0, 0.1) is 5.82 Å². The third-order valence-corrected chi connectivity index (χ3v) is 7.15. The smallest absolute Gasteiger partial charge is 0.264 e. The number of likely N-dealkylation sites (tertiary alicyclic amines) is 1. The van der Waals surface area contributed by atoms with Gasteiger partial charge in [0.1, 0.15) is 5.82 Å². The van der Waals surface area contributed by atoms with Gasteiger partial charge in [-0.1, -0.05) is 18.2 Å². The lowest BCUT2D eigenvalue weighted by Crippen LogP contribution is -2.47. The number of benzene rings is 2. The predicted octanol–water partition coefficient (Wildman–Crippen LogP) is 4.28. The summed E-state index contributed by atoms with van der Waals surface area (Å²) in [6, 6.07) is 15.8. The number of halogens is 1. The van der Waals surface area contributed by atoms with Gasteiger partial charge in [-0.2, -0.15) is 0 Å². The lowest BCUT2D eigenvalue weighted by molar-refractivity contribution is 0.206. The van der Waals surface area contributed by atoms with E-state index in [2.05, 4.69) is 4.90 Å². The molecule has 0 amide bonds. The van der Waals surface area contributed by atoms with Crippen LogP contribution < -0.4 is 4.31 Å². The van der Waals surface area contributed by atoms with Crippen LogP contribution in [0.5, 0.6) is 0 Å². The van der Waals surface area contributed by atoms with Crippen molar-refractivity contribution in [1.82, 2.24) is 4.90 Å². The van der Waals surface area contributed by atoms with Gasteiger partial charge in [0.2, 0.25) is 0 Å². The maximum Gasteiger partial charge on any atom is 0.264 e. The molecule has 0 radical (unpaired) electrons. The minimum atomic E-state index is -3.76. The van der Waals surface area contributed by atoms with E-state index in [0.29, 0.717) is 18.5 Å². The Bertz CT molecular complexity index is 1010. The van der Waals surface area contributed by atoms with Crippen LogP contribution in [0.3, 0.4) is 0 Å². The van der Waals surface area contributed by atoms with E-state index in [1.807, 2.05) is 6.07 Å². The molecule has 0 N–H and O–H groups in total. The molecule has 152 valence electrons. The molecule has 3 aromatic rings. The van der Waals surface area contributed by atoms with Crippen LogP contribution in [0.25, 0.3) is 0 Å². The monoisotopic (exact) mass is 414 g/mol. The molecular weight excluding hydrogens is 391 g/mol. The zero-order valence-corrected chi connectivity index (χ0v) is 16.8. The molecule has 2 heterocycles. The van der Waals surface area contributed by atoms with E-state index < -0.39 is 10.0 Å². The van der Waals surface area contributed by atoms with Crippen molar-refractivity contribution >= 4 is 15.7 Å². The first-order valence-electron chi connectivity index (χ1n) is 9.62. The van der Waals surface area contributed by atoms with Crippen molar-refractivity contribution in [3.8, 4) is 0 Å². The standard InChI is InChI=1S/C22H23FN2O3S/c23-19-6-8-20(9-7-19)25(29(26,27)22-4-2-1-3-5-22)21-10-13-24(14-11-21)16-18-12-15-28-17-18/h1-9,12,15,17,21H,10-11,13-14,16H2. The summed E-state index contributed by atoms with van der Waals surface area (Å²) in [6.45, 7) is 2.33. The number of piperidine rings is 1. The van der Waals surface area contributed by atoms with Gasteiger partial charge in [0.25, 0.3) is 10.0 Å². The molecule has 2 aromatic carbocycles. The van der Waals surface area contributed by atoms with Gasteiger partial charge >= 0.3 is 0 Å². The zero-order chi connectivity index (χ0) is 20.3. The average Bonchev–Trinajstić information content (AvgIpc) is 3.25. The first-order valence-corrected chi connectivity index (χ1v) is 11.1. The van der Waals surface area contributed by atoms with E-state index in [0.717, 1.165) is 25.2 Å². The largest absolute Gasteiger partial charge is 0.472 e. The quantitative estimate of drug-likeness (QED) is 0.604. The number of rotatable bonds is 6. The van der Waals surface area contributed by atoms with Crippen molar-refractivity contribution < 1.29 is 17.2 Å². The van der Waals surface area contributed by atoms with Crippen LogP contribution in [0.15, 0.2) is 82.5 Å². The molecule has 0 spiro atoms. The Kier molecular flexibility index (Phi) is 5.69. The van der Waals surface area contributed by atoms with Crippen molar-refractivity contribution in [2.75, 3.05) is 17.4 Å². The van der Waals surface area contributed by atoms with E-state index in [1.54, 1.807) is 42.9 Å². The Labute approximate surface area is 170 Å². The van der Waals surface area contributed by atoms with Gasteiger partial charge < -0.3 is 4.42 Å². The Morgan fingerprint density at radius 3 is 2.31 bits per heavy atom. The molecule has 1 aromatic heterocycles. The predicted molar refractivity (Wildman–Crippen MR) is 110 cm³/mol. The van der Waals surface area contributed by atoms with E-state index in [-0.39, 0.29) is 16.8 Å². The van der Waals surface area contributed by atoms with Crippen molar-refractivity contribution in [3.05, 3.63) is 84.6 Å². The highest BCUT2D eigenvalue weighted by atomic mass is 32.2. The Morgan fingerprint density at radius 1 is 1.00 bits per heavy atom. The molecular formula is C22H23FN2O3S. The third-order valence-electron chi connectivity index (χ3n) is 5.26. The van der Waals surface area contributed by atoms with E-state index in [4.69, 9.17) is 4.42 Å². The summed E-state index contributed by atoms with van der Waals surface area (Å²) in [7, 11) is -3.76. The topological polar surface area (TPSA) is 53.8 Å². The maximum atomic E-state index is 13.5. The molecule has 29 heavy (non-hydrogen) atoms. The van der Waals surface area contributed by atoms with Gasteiger partial charge in [-0.25, -0.2) is 12.8 Å². The van der Waals surface area contributed by atoms with Crippen molar-refractivity contribution in [1.29, 1.82) is 0 Å². The highest BCUT2D eigenvalue weighted by molar-refractivity contribution is 7.92. The Hall–Kier alpha value is -2.64. The number of nitrogens with zero attached hydrogens (tertiary/aromatic N) is 2. The van der Waals surface area contributed by atoms with E-state index in [1.165, 1.54) is 28.6 Å². The lowest BCUT2D eigenvalue weighted by Gasteiger charge is -2.39. The van der Waals surface area contributed by atoms with Gasteiger partial charge in [-0.15, -0.1) is 0 Å². The molecule has 0 bridgehead atoms. The van der Waals surface area contributed by atoms with Gasteiger partial charge in [0, 0.05) is 31.2 Å². The average molecular weight is 415 g/mol. The molecule has 1 fully saturated rings. The number of anilines is 1. The summed E-state index contributed by atoms with van der Waals surface area (Å²) < 4.78 is 47.0. The van der Waals surface area contributed by atoms with Crippen LogP contribution in [0.2, 0.25) is 0 Å². The number of furan rings is 1. The molecule has 0 unspecified atom stereocenters. The molecule has 1 saturated heterocycles. The normalized spacial score (nSPS) is 16.0. The second-order valence-corrected chi connectivity index (χ2v) is 9.04. The summed E-state index contributed by atoms with van der Waals surface area (Å²) in [5.41, 5.74) is 1.60. The molecule has 0 saturated carbocycles. The molecule has 5 nitrogen and oxygen atoms in total. The fourth-order valence-corrected chi connectivity index (χ4v) is 5.52. The van der Waals surface area contributed by atoms with Crippen molar-refractivity contribution in [2.45, 2.75) is 30.3 Å². The SMILES string of the molecule is O=S(=O)(c1ccccc1)N(c1ccc(F)cc1)C1CCN(Cc2ccoc2)CC1. The minimum Gasteiger partial charge on any atom is -0.472 e. The molecule has 0 atom stereocenters. The summed E-state index contributed by atoms with van der Waals surface area (Å²) >= 11 is 0.